The van der Waals surface area contributed by atoms with E-state index < -0.39 is 63.7 Å². The van der Waals surface area contributed by atoms with Crippen molar-refractivity contribution >= 4 is 11.6 Å². The minimum absolute atomic E-state index is 0.128. The van der Waals surface area contributed by atoms with E-state index in [1.807, 2.05) is 0 Å². The highest BCUT2D eigenvalue weighted by molar-refractivity contribution is 5.90. The third kappa shape index (κ3) is 5.95. The summed E-state index contributed by atoms with van der Waals surface area (Å²) >= 11 is 0. The van der Waals surface area contributed by atoms with Crippen LogP contribution in [0.4, 0.5) is 52.7 Å². The third-order valence-electron chi connectivity index (χ3n) is 3.94. The fourth-order valence-electron chi connectivity index (χ4n) is 2.52. The van der Waals surface area contributed by atoms with Gasteiger partial charge in [0.15, 0.2) is 0 Å². The van der Waals surface area contributed by atoms with E-state index in [-0.39, 0.29) is 36.4 Å². The zero-order valence-electron chi connectivity index (χ0n) is 15.0. The summed E-state index contributed by atoms with van der Waals surface area (Å²) in [5.41, 5.74) is -10.1. The van der Waals surface area contributed by atoms with Crippen molar-refractivity contribution in [3.8, 4) is 6.07 Å². The molecule has 0 N–H and O–H groups in total. The van der Waals surface area contributed by atoms with Crippen molar-refractivity contribution in [2.24, 2.45) is 0 Å². The van der Waals surface area contributed by atoms with Crippen molar-refractivity contribution < 1.29 is 52.7 Å². The number of nitriles is 1. The van der Waals surface area contributed by atoms with E-state index >= 15 is 0 Å². The van der Waals surface area contributed by atoms with E-state index in [0.717, 1.165) is 0 Å². The van der Waals surface area contributed by atoms with Gasteiger partial charge in [-0.05, 0) is 53.6 Å². The van der Waals surface area contributed by atoms with Crippen molar-refractivity contribution in [3.63, 3.8) is 0 Å². The molecule has 13 heteroatoms. The Hall–Kier alpha value is -3.17. The lowest BCUT2D eigenvalue weighted by Gasteiger charge is -2.15. The number of halogens is 12. The minimum Gasteiger partial charge on any atom is -0.192 e. The van der Waals surface area contributed by atoms with Gasteiger partial charge in [0.2, 0.25) is 0 Å². The van der Waals surface area contributed by atoms with Gasteiger partial charge in [-0.1, -0.05) is 0 Å². The zero-order valence-corrected chi connectivity index (χ0v) is 15.0. The van der Waals surface area contributed by atoms with Crippen LogP contribution in [0.2, 0.25) is 0 Å². The maximum atomic E-state index is 13.0. The molecule has 0 atom stereocenters. The first-order valence-corrected chi connectivity index (χ1v) is 8.03. The summed E-state index contributed by atoms with van der Waals surface area (Å²) in [6.45, 7) is 0. The lowest BCUT2D eigenvalue weighted by atomic mass is 9.97. The molecule has 0 aliphatic heterocycles. The molecule has 1 nitrogen and oxygen atoms in total. The first-order chi connectivity index (χ1) is 14.3. The van der Waals surface area contributed by atoms with Crippen LogP contribution in [0.5, 0.6) is 0 Å². The average molecular weight is 477 g/mol. The third-order valence-corrected chi connectivity index (χ3v) is 3.94. The van der Waals surface area contributed by atoms with E-state index in [1.54, 1.807) is 0 Å². The van der Waals surface area contributed by atoms with Crippen molar-refractivity contribution in [1.82, 2.24) is 0 Å². The van der Waals surface area contributed by atoms with Crippen LogP contribution in [0.15, 0.2) is 36.4 Å². The van der Waals surface area contributed by atoms with Crippen molar-refractivity contribution in [1.29, 1.82) is 5.26 Å². The molecule has 0 aliphatic rings. The van der Waals surface area contributed by atoms with Crippen LogP contribution in [0.25, 0.3) is 11.6 Å². The van der Waals surface area contributed by atoms with Gasteiger partial charge >= 0.3 is 24.7 Å². The fraction of sp³-hybridized carbons (Fsp3) is 0.211. The summed E-state index contributed by atoms with van der Waals surface area (Å²) in [6.07, 6.45) is -20.7. The van der Waals surface area contributed by atoms with Gasteiger partial charge in [-0.15, -0.1) is 0 Å². The van der Waals surface area contributed by atoms with E-state index in [2.05, 4.69) is 0 Å². The van der Waals surface area contributed by atoms with Crippen molar-refractivity contribution in [2.45, 2.75) is 24.7 Å². The quantitative estimate of drug-likeness (QED) is 0.246. The number of benzene rings is 2. The molecular formula is C19H7F12N. The average Bonchev–Trinajstić information content (AvgIpc) is 2.62. The number of hydrogen-bond donors (Lipinski definition) is 0. The molecule has 0 amide bonds. The second-order valence-electron chi connectivity index (χ2n) is 6.30. The Kier molecular flexibility index (Phi) is 6.33. The van der Waals surface area contributed by atoms with Crippen LogP contribution in [-0.2, 0) is 24.7 Å². The Morgan fingerprint density at radius 2 is 0.875 bits per heavy atom. The largest absolute Gasteiger partial charge is 0.416 e. The van der Waals surface area contributed by atoms with Crippen LogP contribution in [-0.4, -0.2) is 0 Å². The Balaban J connectivity index is 2.77. The minimum atomic E-state index is -5.28. The number of hydrogen-bond acceptors (Lipinski definition) is 1. The molecule has 2 rings (SSSR count). The lowest BCUT2D eigenvalue weighted by Crippen LogP contribution is -2.12. The van der Waals surface area contributed by atoms with E-state index in [1.165, 1.54) is 6.07 Å². The van der Waals surface area contributed by atoms with Crippen LogP contribution < -0.4 is 0 Å². The second-order valence-corrected chi connectivity index (χ2v) is 6.30. The first-order valence-electron chi connectivity index (χ1n) is 8.03. The van der Waals surface area contributed by atoms with Gasteiger partial charge in [-0.2, -0.15) is 57.9 Å². The number of allylic oxidation sites excluding steroid dienone is 1. The number of nitrogens with zero attached hydrogens (tertiary/aromatic N) is 1. The Bertz CT molecular complexity index is 1010. The Morgan fingerprint density at radius 3 is 1.16 bits per heavy atom. The molecule has 0 saturated heterocycles. The smallest absolute Gasteiger partial charge is 0.192 e. The second kappa shape index (κ2) is 8.07. The summed E-state index contributed by atoms with van der Waals surface area (Å²) < 4.78 is 156. The van der Waals surface area contributed by atoms with E-state index in [9.17, 15) is 52.7 Å². The normalized spacial score (nSPS) is 13.8. The molecule has 0 unspecified atom stereocenters. The molecule has 2 aromatic carbocycles. The van der Waals surface area contributed by atoms with Crippen molar-refractivity contribution in [2.75, 3.05) is 0 Å². The predicted molar refractivity (Wildman–Crippen MR) is 86.4 cm³/mol. The standard InChI is InChI=1S/C19H7F12N/c20-16(21,22)12-2-9(3-13(6-12)17(23,24)25)1-11(8-32)10-4-14(18(26,27)28)7-15(5-10)19(29,30)31/h1-7H/b11-1+. The predicted octanol–water partition coefficient (Wildman–Crippen LogP) is 7.83. The Labute approximate surface area is 171 Å². The van der Waals surface area contributed by atoms with Crippen LogP contribution in [0.3, 0.4) is 0 Å². The van der Waals surface area contributed by atoms with Gasteiger partial charge in [-0.3, -0.25) is 0 Å². The number of rotatable bonds is 2. The first kappa shape index (κ1) is 25.1. The van der Waals surface area contributed by atoms with Crippen LogP contribution in [0, 0.1) is 11.3 Å². The molecule has 0 bridgehead atoms. The summed E-state index contributed by atoms with van der Waals surface area (Å²) in [4.78, 5) is 0. The van der Waals surface area contributed by atoms with Gasteiger partial charge < -0.3 is 0 Å². The summed E-state index contributed by atoms with van der Waals surface area (Å²) in [5, 5.41) is 9.16. The van der Waals surface area contributed by atoms with Crippen LogP contribution >= 0.6 is 0 Å². The van der Waals surface area contributed by atoms with Gasteiger partial charge in [-0.25, -0.2) is 0 Å². The highest BCUT2D eigenvalue weighted by Crippen LogP contribution is 2.39. The SMILES string of the molecule is N#C/C(=C\c1cc(C(F)(F)F)cc(C(F)(F)F)c1)c1cc(C(F)(F)F)cc(C(F)(F)F)c1. The molecule has 0 spiro atoms. The van der Waals surface area contributed by atoms with Gasteiger partial charge in [0.25, 0.3) is 0 Å². The zero-order chi connectivity index (χ0) is 24.7. The fourth-order valence-corrected chi connectivity index (χ4v) is 2.52. The van der Waals surface area contributed by atoms with E-state index in [0.29, 0.717) is 6.08 Å². The highest BCUT2D eigenvalue weighted by Gasteiger charge is 2.38. The van der Waals surface area contributed by atoms with Gasteiger partial charge in [0.05, 0.1) is 33.9 Å². The van der Waals surface area contributed by atoms with E-state index in [4.69, 9.17) is 5.26 Å². The molecule has 0 aromatic heterocycles. The van der Waals surface area contributed by atoms with Gasteiger partial charge in [0, 0.05) is 0 Å². The molecular weight excluding hydrogens is 470 g/mol. The molecule has 0 fully saturated rings. The van der Waals surface area contributed by atoms with Crippen molar-refractivity contribution in [3.05, 3.63) is 69.8 Å². The molecule has 2 aromatic rings. The lowest BCUT2D eigenvalue weighted by molar-refractivity contribution is -0.144. The molecule has 172 valence electrons. The van der Waals surface area contributed by atoms with Gasteiger partial charge in [0.1, 0.15) is 0 Å². The maximum Gasteiger partial charge on any atom is 0.416 e. The Morgan fingerprint density at radius 1 is 0.562 bits per heavy atom. The summed E-state index contributed by atoms with van der Waals surface area (Å²) in [5.74, 6) is 0. The monoisotopic (exact) mass is 477 g/mol. The topological polar surface area (TPSA) is 23.8 Å². The molecule has 0 saturated carbocycles. The summed E-state index contributed by atoms with van der Waals surface area (Å²) in [7, 11) is 0. The molecule has 32 heavy (non-hydrogen) atoms. The molecule has 0 radical (unpaired) electrons. The maximum absolute atomic E-state index is 13.0. The van der Waals surface area contributed by atoms with Crippen LogP contribution in [0.1, 0.15) is 33.4 Å². The molecule has 0 aliphatic carbocycles. The molecule has 0 heterocycles. The number of alkyl halides is 12. The highest BCUT2D eigenvalue weighted by atomic mass is 19.4. The summed E-state index contributed by atoms with van der Waals surface area (Å²) in [6, 6.07) is 1.33.